The SMILES string of the molecule is c1ccc(CNc2cccc3c2CCC3)cc1. The molecule has 0 aliphatic heterocycles. The van der Waals surface area contributed by atoms with Crippen molar-refractivity contribution in [2.24, 2.45) is 0 Å². The fourth-order valence-corrected chi connectivity index (χ4v) is 2.58. The molecule has 1 nitrogen and oxygen atoms in total. The average molecular weight is 223 g/mol. The molecular weight excluding hydrogens is 206 g/mol. The molecule has 2 aromatic rings. The summed E-state index contributed by atoms with van der Waals surface area (Å²) in [6.07, 6.45) is 3.78. The summed E-state index contributed by atoms with van der Waals surface area (Å²) in [7, 11) is 0. The van der Waals surface area contributed by atoms with E-state index in [-0.39, 0.29) is 0 Å². The summed E-state index contributed by atoms with van der Waals surface area (Å²) < 4.78 is 0. The second-order valence-corrected chi connectivity index (χ2v) is 4.64. The zero-order chi connectivity index (χ0) is 11.5. The molecule has 0 saturated heterocycles. The molecule has 1 heteroatoms. The van der Waals surface area contributed by atoms with Gasteiger partial charge in [0.2, 0.25) is 0 Å². The van der Waals surface area contributed by atoms with E-state index in [0.29, 0.717) is 0 Å². The van der Waals surface area contributed by atoms with Gasteiger partial charge in [-0.1, -0.05) is 42.5 Å². The Morgan fingerprint density at radius 3 is 2.65 bits per heavy atom. The zero-order valence-electron chi connectivity index (χ0n) is 9.95. The molecule has 3 rings (SSSR count). The summed E-state index contributed by atoms with van der Waals surface area (Å²) >= 11 is 0. The van der Waals surface area contributed by atoms with Crippen molar-refractivity contribution in [2.75, 3.05) is 5.32 Å². The van der Waals surface area contributed by atoms with Gasteiger partial charge >= 0.3 is 0 Å². The van der Waals surface area contributed by atoms with Crippen LogP contribution < -0.4 is 5.32 Å². The number of rotatable bonds is 3. The van der Waals surface area contributed by atoms with E-state index >= 15 is 0 Å². The first kappa shape index (κ1) is 10.4. The molecule has 0 bridgehead atoms. The maximum Gasteiger partial charge on any atom is 0.0400 e. The lowest BCUT2D eigenvalue weighted by Gasteiger charge is -2.11. The molecule has 0 spiro atoms. The van der Waals surface area contributed by atoms with Gasteiger partial charge in [-0.15, -0.1) is 0 Å². The highest BCUT2D eigenvalue weighted by Crippen LogP contribution is 2.28. The van der Waals surface area contributed by atoms with Gasteiger partial charge in [0.1, 0.15) is 0 Å². The maximum absolute atomic E-state index is 3.56. The Kier molecular flexibility index (Phi) is 2.83. The van der Waals surface area contributed by atoms with Crippen LogP contribution in [-0.2, 0) is 19.4 Å². The Morgan fingerprint density at radius 1 is 0.882 bits per heavy atom. The molecule has 0 heterocycles. The number of hydrogen-bond acceptors (Lipinski definition) is 1. The maximum atomic E-state index is 3.56. The van der Waals surface area contributed by atoms with Crippen molar-refractivity contribution in [1.82, 2.24) is 0 Å². The highest BCUT2D eigenvalue weighted by atomic mass is 14.9. The Labute approximate surface area is 102 Å². The van der Waals surface area contributed by atoms with Gasteiger partial charge in [0.05, 0.1) is 0 Å². The van der Waals surface area contributed by atoms with Crippen LogP contribution in [0, 0.1) is 0 Å². The molecule has 0 aromatic heterocycles. The predicted molar refractivity (Wildman–Crippen MR) is 72.2 cm³/mol. The second kappa shape index (κ2) is 4.62. The molecule has 1 aliphatic carbocycles. The summed E-state index contributed by atoms with van der Waals surface area (Å²) in [5.41, 5.74) is 5.72. The second-order valence-electron chi connectivity index (χ2n) is 4.64. The highest BCUT2D eigenvalue weighted by molar-refractivity contribution is 5.56. The van der Waals surface area contributed by atoms with Crippen LogP contribution >= 0.6 is 0 Å². The fourth-order valence-electron chi connectivity index (χ4n) is 2.58. The van der Waals surface area contributed by atoms with Crippen LogP contribution in [0.15, 0.2) is 48.5 Å². The largest absolute Gasteiger partial charge is 0.381 e. The standard InChI is InChI=1S/C16H17N/c1-2-6-13(7-3-1)12-17-16-11-5-9-14-8-4-10-15(14)16/h1-3,5-7,9,11,17H,4,8,10,12H2. The van der Waals surface area contributed by atoms with E-state index in [1.54, 1.807) is 0 Å². The number of nitrogens with one attached hydrogen (secondary N) is 1. The van der Waals surface area contributed by atoms with Crippen molar-refractivity contribution < 1.29 is 0 Å². The van der Waals surface area contributed by atoms with E-state index in [2.05, 4.69) is 53.8 Å². The van der Waals surface area contributed by atoms with Gasteiger partial charge in [0, 0.05) is 12.2 Å². The third-order valence-electron chi connectivity index (χ3n) is 3.47. The van der Waals surface area contributed by atoms with Crippen LogP contribution in [0.25, 0.3) is 0 Å². The Bertz CT molecular complexity index is 502. The number of benzene rings is 2. The third-order valence-corrected chi connectivity index (χ3v) is 3.47. The summed E-state index contributed by atoms with van der Waals surface area (Å²) in [6, 6.07) is 17.2. The zero-order valence-corrected chi connectivity index (χ0v) is 9.95. The van der Waals surface area contributed by atoms with Crippen LogP contribution in [0.1, 0.15) is 23.1 Å². The minimum Gasteiger partial charge on any atom is -0.381 e. The molecule has 0 fully saturated rings. The molecule has 1 N–H and O–H groups in total. The smallest absolute Gasteiger partial charge is 0.0400 e. The Balaban J connectivity index is 1.76. The van der Waals surface area contributed by atoms with E-state index in [9.17, 15) is 0 Å². The van der Waals surface area contributed by atoms with Crippen LogP contribution in [0.4, 0.5) is 5.69 Å². The van der Waals surface area contributed by atoms with E-state index < -0.39 is 0 Å². The molecule has 0 unspecified atom stereocenters. The van der Waals surface area contributed by atoms with Crippen molar-refractivity contribution >= 4 is 5.69 Å². The molecule has 0 amide bonds. The van der Waals surface area contributed by atoms with Crippen LogP contribution in [-0.4, -0.2) is 0 Å². The first-order chi connectivity index (χ1) is 8.43. The normalized spacial score (nSPS) is 13.4. The molecule has 1 aliphatic rings. The minimum absolute atomic E-state index is 0.914. The van der Waals surface area contributed by atoms with Gasteiger partial charge in [-0.25, -0.2) is 0 Å². The van der Waals surface area contributed by atoms with Crippen LogP contribution in [0.5, 0.6) is 0 Å². The van der Waals surface area contributed by atoms with E-state index in [1.165, 1.54) is 41.6 Å². The van der Waals surface area contributed by atoms with E-state index in [4.69, 9.17) is 0 Å². The van der Waals surface area contributed by atoms with Gasteiger partial charge in [-0.3, -0.25) is 0 Å². The number of fused-ring (bicyclic) bond motifs is 1. The summed E-state index contributed by atoms with van der Waals surface area (Å²) in [4.78, 5) is 0. The molecule has 17 heavy (non-hydrogen) atoms. The van der Waals surface area contributed by atoms with Crippen molar-refractivity contribution in [2.45, 2.75) is 25.8 Å². The van der Waals surface area contributed by atoms with Crippen molar-refractivity contribution in [1.29, 1.82) is 0 Å². The number of anilines is 1. The van der Waals surface area contributed by atoms with Crippen LogP contribution in [0.3, 0.4) is 0 Å². The topological polar surface area (TPSA) is 12.0 Å². The van der Waals surface area contributed by atoms with Crippen molar-refractivity contribution in [3.8, 4) is 0 Å². The van der Waals surface area contributed by atoms with E-state index in [0.717, 1.165) is 6.54 Å². The van der Waals surface area contributed by atoms with Crippen molar-refractivity contribution in [3.63, 3.8) is 0 Å². The Morgan fingerprint density at radius 2 is 1.76 bits per heavy atom. The number of hydrogen-bond donors (Lipinski definition) is 1. The quantitative estimate of drug-likeness (QED) is 0.834. The molecule has 0 saturated carbocycles. The first-order valence-electron chi connectivity index (χ1n) is 6.32. The minimum atomic E-state index is 0.914. The van der Waals surface area contributed by atoms with Crippen LogP contribution in [0.2, 0.25) is 0 Å². The molecular formula is C16H17N. The fraction of sp³-hybridized carbons (Fsp3) is 0.250. The predicted octanol–water partition coefficient (Wildman–Crippen LogP) is 3.79. The number of aryl methyl sites for hydroxylation is 1. The molecule has 0 atom stereocenters. The monoisotopic (exact) mass is 223 g/mol. The lowest BCUT2D eigenvalue weighted by atomic mass is 10.1. The first-order valence-corrected chi connectivity index (χ1v) is 6.32. The van der Waals surface area contributed by atoms with E-state index in [1.807, 2.05) is 0 Å². The van der Waals surface area contributed by atoms with Gasteiger partial charge in [-0.2, -0.15) is 0 Å². The van der Waals surface area contributed by atoms with Gasteiger partial charge in [-0.05, 0) is 42.0 Å². The van der Waals surface area contributed by atoms with Gasteiger partial charge in [0.25, 0.3) is 0 Å². The van der Waals surface area contributed by atoms with Gasteiger partial charge in [0.15, 0.2) is 0 Å². The Hall–Kier alpha value is -1.76. The third kappa shape index (κ3) is 2.19. The molecule has 2 aromatic carbocycles. The van der Waals surface area contributed by atoms with Crippen molar-refractivity contribution in [3.05, 3.63) is 65.2 Å². The van der Waals surface area contributed by atoms with Gasteiger partial charge < -0.3 is 5.32 Å². The molecule has 86 valence electrons. The highest BCUT2D eigenvalue weighted by Gasteiger charge is 2.13. The lowest BCUT2D eigenvalue weighted by Crippen LogP contribution is -2.02. The lowest BCUT2D eigenvalue weighted by molar-refractivity contribution is 0.911. The average Bonchev–Trinajstić information content (AvgIpc) is 2.86. The molecule has 0 radical (unpaired) electrons. The summed E-state index contributed by atoms with van der Waals surface area (Å²) in [6.45, 7) is 0.914. The summed E-state index contributed by atoms with van der Waals surface area (Å²) in [5, 5.41) is 3.56. The summed E-state index contributed by atoms with van der Waals surface area (Å²) in [5.74, 6) is 0.